The fraction of sp³-hybridized carbons (Fsp3) is 0.0667. The van der Waals surface area contributed by atoms with Gasteiger partial charge in [0.05, 0.1) is 28.8 Å². The highest BCUT2D eigenvalue weighted by Gasteiger charge is 2.13. The zero-order valence-electron chi connectivity index (χ0n) is 10.7. The van der Waals surface area contributed by atoms with Gasteiger partial charge in [0, 0.05) is 6.07 Å². The summed E-state index contributed by atoms with van der Waals surface area (Å²) in [7, 11) is 0. The monoisotopic (exact) mass is 306 g/mol. The predicted octanol–water partition coefficient (Wildman–Crippen LogP) is 3.67. The quantitative estimate of drug-likeness (QED) is 0.940. The van der Waals surface area contributed by atoms with Crippen molar-refractivity contribution in [3.8, 4) is 6.07 Å². The van der Waals surface area contributed by atoms with E-state index in [0.29, 0.717) is 17.2 Å². The molecular weight excluding hydrogens is 298 g/mol. The van der Waals surface area contributed by atoms with Crippen molar-refractivity contribution in [2.75, 3.05) is 5.32 Å². The molecule has 0 fully saturated rings. The lowest BCUT2D eigenvalue weighted by molar-refractivity contribution is -0.115. The zero-order valence-corrected chi connectivity index (χ0v) is 11.4. The van der Waals surface area contributed by atoms with Crippen molar-refractivity contribution in [2.45, 2.75) is 6.42 Å². The number of anilines is 1. The number of benzene rings is 2. The molecule has 0 atom stereocenters. The largest absolute Gasteiger partial charge is 0.322 e. The summed E-state index contributed by atoms with van der Waals surface area (Å²) >= 11 is 5.69. The average molecular weight is 307 g/mol. The molecule has 0 heterocycles. The molecule has 1 amide bonds. The minimum atomic E-state index is -0.937. The molecule has 1 N–H and O–H groups in total. The van der Waals surface area contributed by atoms with Crippen molar-refractivity contribution < 1.29 is 13.6 Å². The van der Waals surface area contributed by atoms with E-state index in [4.69, 9.17) is 16.9 Å². The second-order valence-electron chi connectivity index (χ2n) is 4.28. The average Bonchev–Trinajstić information content (AvgIpc) is 2.43. The van der Waals surface area contributed by atoms with Crippen LogP contribution in [0, 0.1) is 23.0 Å². The van der Waals surface area contributed by atoms with E-state index in [1.807, 2.05) is 6.07 Å². The fourth-order valence-corrected chi connectivity index (χ4v) is 1.97. The van der Waals surface area contributed by atoms with Crippen molar-refractivity contribution in [3.05, 3.63) is 64.2 Å². The smallest absolute Gasteiger partial charge is 0.228 e. The van der Waals surface area contributed by atoms with Gasteiger partial charge in [0.15, 0.2) is 5.82 Å². The minimum absolute atomic E-state index is 0.0150. The second kappa shape index (κ2) is 6.33. The van der Waals surface area contributed by atoms with Gasteiger partial charge in [0.25, 0.3) is 0 Å². The van der Waals surface area contributed by atoms with Crippen LogP contribution in [-0.2, 0) is 11.2 Å². The van der Waals surface area contributed by atoms with E-state index in [1.165, 1.54) is 0 Å². The summed E-state index contributed by atoms with van der Waals surface area (Å²) < 4.78 is 26.4. The van der Waals surface area contributed by atoms with E-state index < -0.39 is 17.5 Å². The van der Waals surface area contributed by atoms with Gasteiger partial charge in [0.1, 0.15) is 5.82 Å². The van der Waals surface area contributed by atoms with Crippen LogP contribution in [0.3, 0.4) is 0 Å². The molecule has 106 valence electrons. The molecule has 21 heavy (non-hydrogen) atoms. The number of nitrogens with zero attached hydrogens (tertiary/aromatic N) is 1. The van der Waals surface area contributed by atoms with Crippen LogP contribution in [-0.4, -0.2) is 5.91 Å². The number of hydrogen-bond acceptors (Lipinski definition) is 2. The number of nitriles is 1. The van der Waals surface area contributed by atoms with Gasteiger partial charge in [-0.15, -0.1) is 0 Å². The molecule has 6 heteroatoms. The standard InChI is InChI=1S/C15H9ClF2N2O/c16-12-6-11(17)7-13(18)15(12)20-14(21)5-9-1-3-10(8-19)4-2-9/h1-4,6-7H,5H2,(H,20,21). The van der Waals surface area contributed by atoms with E-state index in [2.05, 4.69) is 5.32 Å². The van der Waals surface area contributed by atoms with Crippen molar-refractivity contribution in [2.24, 2.45) is 0 Å². The van der Waals surface area contributed by atoms with Crippen LogP contribution >= 0.6 is 11.6 Å². The van der Waals surface area contributed by atoms with Crippen molar-refractivity contribution in [3.63, 3.8) is 0 Å². The van der Waals surface area contributed by atoms with Crippen LogP contribution < -0.4 is 5.32 Å². The van der Waals surface area contributed by atoms with Crippen molar-refractivity contribution in [1.29, 1.82) is 5.26 Å². The van der Waals surface area contributed by atoms with Crippen LogP contribution in [0.2, 0.25) is 5.02 Å². The first kappa shape index (κ1) is 14.9. The third-order valence-electron chi connectivity index (χ3n) is 2.72. The third kappa shape index (κ3) is 3.77. The highest BCUT2D eigenvalue weighted by molar-refractivity contribution is 6.33. The van der Waals surface area contributed by atoms with E-state index in [0.717, 1.165) is 6.07 Å². The van der Waals surface area contributed by atoms with E-state index in [-0.39, 0.29) is 17.1 Å². The lowest BCUT2D eigenvalue weighted by Gasteiger charge is -2.08. The summed E-state index contributed by atoms with van der Waals surface area (Å²) in [5.41, 5.74) is 0.883. The first-order chi connectivity index (χ1) is 9.99. The van der Waals surface area contributed by atoms with E-state index in [1.54, 1.807) is 24.3 Å². The van der Waals surface area contributed by atoms with Crippen LogP contribution in [0.15, 0.2) is 36.4 Å². The maximum absolute atomic E-state index is 13.5. The van der Waals surface area contributed by atoms with Gasteiger partial charge in [-0.1, -0.05) is 23.7 Å². The SMILES string of the molecule is N#Cc1ccc(CC(=O)Nc2c(F)cc(F)cc2Cl)cc1. The predicted molar refractivity (Wildman–Crippen MR) is 74.9 cm³/mol. The molecule has 3 nitrogen and oxygen atoms in total. The van der Waals surface area contributed by atoms with Crippen molar-refractivity contribution >= 4 is 23.2 Å². The minimum Gasteiger partial charge on any atom is -0.322 e. The topological polar surface area (TPSA) is 52.9 Å². The van der Waals surface area contributed by atoms with E-state index in [9.17, 15) is 13.6 Å². The third-order valence-corrected chi connectivity index (χ3v) is 3.02. The van der Waals surface area contributed by atoms with Gasteiger partial charge in [-0.3, -0.25) is 4.79 Å². The van der Waals surface area contributed by atoms with Gasteiger partial charge in [0.2, 0.25) is 5.91 Å². The summed E-state index contributed by atoms with van der Waals surface area (Å²) in [5.74, 6) is -2.25. The molecule has 0 unspecified atom stereocenters. The highest BCUT2D eigenvalue weighted by atomic mass is 35.5. The first-order valence-electron chi connectivity index (χ1n) is 5.93. The molecule has 0 aliphatic rings. The van der Waals surface area contributed by atoms with Crippen LogP contribution in [0.25, 0.3) is 0 Å². The molecule has 0 radical (unpaired) electrons. The summed E-state index contributed by atoms with van der Waals surface area (Å²) in [6.45, 7) is 0. The summed E-state index contributed by atoms with van der Waals surface area (Å²) in [6, 6.07) is 9.93. The van der Waals surface area contributed by atoms with Gasteiger partial charge < -0.3 is 5.32 Å². The Hall–Kier alpha value is -2.45. The van der Waals surface area contributed by atoms with Crippen molar-refractivity contribution in [1.82, 2.24) is 0 Å². The first-order valence-corrected chi connectivity index (χ1v) is 6.31. The summed E-state index contributed by atoms with van der Waals surface area (Å²) in [6.07, 6.45) is -0.0150. The Balaban J connectivity index is 2.10. The Morgan fingerprint density at radius 3 is 2.48 bits per heavy atom. The molecule has 0 aromatic heterocycles. The molecule has 0 saturated heterocycles. The molecule has 0 aliphatic carbocycles. The number of halogens is 3. The Labute approximate surface area is 124 Å². The number of carbonyl (C=O) groups is 1. The maximum Gasteiger partial charge on any atom is 0.228 e. The van der Waals surface area contributed by atoms with Gasteiger partial charge in [-0.2, -0.15) is 5.26 Å². The normalized spacial score (nSPS) is 10.0. The van der Waals surface area contributed by atoms with E-state index >= 15 is 0 Å². The molecule has 0 saturated carbocycles. The second-order valence-corrected chi connectivity index (χ2v) is 4.69. The lowest BCUT2D eigenvalue weighted by atomic mass is 10.1. The molecule has 0 bridgehead atoms. The van der Waals surface area contributed by atoms with Gasteiger partial charge in [-0.25, -0.2) is 8.78 Å². The van der Waals surface area contributed by atoms with Gasteiger partial charge >= 0.3 is 0 Å². The highest BCUT2D eigenvalue weighted by Crippen LogP contribution is 2.26. The molecule has 0 aliphatic heterocycles. The van der Waals surface area contributed by atoms with Crippen LogP contribution in [0.1, 0.15) is 11.1 Å². The zero-order chi connectivity index (χ0) is 15.4. The van der Waals surface area contributed by atoms with Crippen LogP contribution in [0.4, 0.5) is 14.5 Å². The molecule has 2 aromatic rings. The molecule has 0 spiro atoms. The lowest BCUT2D eigenvalue weighted by Crippen LogP contribution is -2.15. The molecular formula is C15H9ClF2N2O. The number of carbonyl (C=O) groups excluding carboxylic acids is 1. The Morgan fingerprint density at radius 2 is 1.90 bits per heavy atom. The number of rotatable bonds is 3. The Morgan fingerprint density at radius 1 is 1.24 bits per heavy atom. The Bertz CT molecular complexity index is 700. The molecule has 2 rings (SSSR count). The Kier molecular flexibility index (Phi) is 4.51. The summed E-state index contributed by atoms with van der Waals surface area (Å²) in [4.78, 5) is 11.8. The number of amides is 1. The fourth-order valence-electron chi connectivity index (χ4n) is 1.73. The maximum atomic E-state index is 13.5. The number of hydrogen-bond donors (Lipinski definition) is 1. The van der Waals surface area contributed by atoms with Crippen LogP contribution in [0.5, 0.6) is 0 Å². The summed E-state index contributed by atoms with van der Waals surface area (Å²) in [5, 5.41) is 10.8. The molecule has 2 aromatic carbocycles. The van der Waals surface area contributed by atoms with Gasteiger partial charge in [-0.05, 0) is 23.8 Å². The number of nitrogens with one attached hydrogen (secondary N) is 1.